The second-order valence-electron chi connectivity index (χ2n) is 8.70. The Morgan fingerprint density at radius 3 is 1.72 bits per heavy atom. The Morgan fingerprint density at radius 1 is 0.656 bits per heavy atom. The van der Waals surface area contributed by atoms with Gasteiger partial charge >= 0.3 is 5.97 Å². The number of ether oxygens (including phenoxy) is 1. The van der Waals surface area contributed by atoms with Crippen molar-refractivity contribution in [3.8, 4) is 22.3 Å². The molecule has 3 heteroatoms. The van der Waals surface area contributed by atoms with E-state index < -0.39 is 5.60 Å². The minimum Gasteiger partial charge on any atom is -0.456 e. The summed E-state index contributed by atoms with van der Waals surface area (Å²) in [4.78, 5) is 12.9. The Bertz CT molecular complexity index is 1190. The maximum atomic E-state index is 12.9. The quantitative estimate of drug-likeness (QED) is 0.335. The molecule has 0 atom stereocenters. The molecule has 0 unspecified atom stereocenters. The second kappa shape index (κ2) is 9.11. The highest BCUT2D eigenvalue weighted by Gasteiger charge is 2.21. The molecule has 1 N–H and O–H groups in total. The van der Waals surface area contributed by atoms with E-state index in [4.69, 9.17) is 4.74 Å². The first-order valence-electron chi connectivity index (χ1n) is 10.7. The highest BCUT2D eigenvalue weighted by atomic mass is 16.6. The average Bonchev–Trinajstić information content (AvgIpc) is 2.79. The number of hydrogen-bond acceptors (Lipinski definition) is 3. The van der Waals surface area contributed by atoms with Crippen LogP contribution in [0.4, 0.5) is 11.4 Å². The van der Waals surface area contributed by atoms with Crippen molar-refractivity contribution in [3.63, 3.8) is 0 Å². The molecule has 0 spiro atoms. The largest absolute Gasteiger partial charge is 0.456 e. The first-order chi connectivity index (χ1) is 15.4. The molecule has 4 aromatic carbocycles. The maximum absolute atomic E-state index is 12.9. The summed E-state index contributed by atoms with van der Waals surface area (Å²) in [5.41, 5.74) is 5.98. The first kappa shape index (κ1) is 21.4. The smallest absolute Gasteiger partial charge is 0.340 e. The van der Waals surface area contributed by atoms with E-state index in [0.29, 0.717) is 11.3 Å². The fraction of sp³-hybridized carbons (Fsp3) is 0.138. The van der Waals surface area contributed by atoms with E-state index in [0.717, 1.165) is 22.4 Å². The van der Waals surface area contributed by atoms with E-state index >= 15 is 0 Å². The van der Waals surface area contributed by atoms with Gasteiger partial charge in [0, 0.05) is 5.69 Å². The first-order valence-corrected chi connectivity index (χ1v) is 10.7. The Labute approximate surface area is 189 Å². The van der Waals surface area contributed by atoms with Crippen molar-refractivity contribution in [2.24, 2.45) is 0 Å². The summed E-state index contributed by atoms with van der Waals surface area (Å²) in [5.74, 6) is -0.347. The molecule has 160 valence electrons. The second-order valence-corrected chi connectivity index (χ2v) is 8.70. The zero-order valence-electron chi connectivity index (χ0n) is 18.6. The number of nitrogens with one attached hydrogen (secondary N) is 1. The molecule has 0 aromatic heterocycles. The van der Waals surface area contributed by atoms with Crippen LogP contribution in [0.1, 0.15) is 31.1 Å². The van der Waals surface area contributed by atoms with E-state index in [9.17, 15) is 4.79 Å². The van der Waals surface area contributed by atoms with Gasteiger partial charge in [-0.25, -0.2) is 4.79 Å². The molecule has 0 saturated heterocycles. The molecular formula is C29H27NO2. The van der Waals surface area contributed by atoms with Crippen molar-refractivity contribution in [2.45, 2.75) is 26.4 Å². The predicted molar refractivity (Wildman–Crippen MR) is 132 cm³/mol. The van der Waals surface area contributed by atoms with Crippen LogP contribution in [-0.4, -0.2) is 11.6 Å². The van der Waals surface area contributed by atoms with Crippen LogP contribution in [0.25, 0.3) is 22.3 Å². The van der Waals surface area contributed by atoms with Gasteiger partial charge < -0.3 is 10.1 Å². The monoisotopic (exact) mass is 421 g/mol. The molecule has 4 aromatic rings. The minimum absolute atomic E-state index is 0.347. The van der Waals surface area contributed by atoms with Gasteiger partial charge in [0.1, 0.15) is 5.60 Å². The Hall–Kier alpha value is -3.85. The molecule has 3 nitrogen and oxygen atoms in total. The van der Waals surface area contributed by atoms with Crippen LogP contribution in [0.15, 0.2) is 103 Å². The molecule has 0 aliphatic heterocycles. The fourth-order valence-electron chi connectivity index (χ4n) is 3.50. The summed E-state index contributed by atoms with van der Waals surface area (Å²) in [6, 6.07) is 34.4. The summed E-state index contributed by atoms with van der Waals surface area (Å²) in [7, 11) is 0. The van der Waals surface area contributed by atoms with Gasteiger partial charge in [0.25, 0.3) is 0 Å². The predicted octanol–water partition coefficient (Wildman–Crippen LogP) is 7.72. The molecule has 0 amide bonds. The molecule has 32 heavy (non-hydrogen) atoms. The molecule has 0 radical (unpaired) electrons. The summed E-state index contributed by atoms with van der Waals surface area (Å²) < 4.78 is 5.65. The van der Waals surface area contributed by atoms with E-state index in [1.807, 2.05) is 87.5 Å². The van der Waals surface area contributed by atoms with Crippen LogP contribution in [0.2, 0.25) is 0 Å². The number of anilines is 2. The minimum atomic E-state index is -0.566. The Kier molecular flexibility index (Phi) is 6.09. The zero-order chi connectivity index (χ0) is 22.6. The highest BCUT2D eigenvalue weighted by Crippen LogP contribution is 2.30. The summed E-state index contributed by atoms with van der Waals surface area (Å²) in [6.07, 6.45) is 0. The lowest BCUT2D eigenvalue weighted by molar-refractivity contribution is 0.00708. The standard InChI is InChI=1S/C29H27NO2/c1-29(2,3)32-28(31)26-19-16-24(22-12-8-5-9-13-22)20-27(26)30-25-17-14-23(15-18-25)21-10-6-4-7-11-21/h4-20,30H,1-3H3. The number of hydrogen-bond donors (Lipinski definition) is 1. The highest BCUT2D eigenvalue weighted by molar-refractivity contribution is 5.98. The lowest BCUT2D eigenvalue weighted by Crippen LogP contribution is -2.24. The molecule has 0 heterocycles. The molecule has 0 aliphatic rings. The van der Waals surface area contributed by atoms with Crippen molar-refractivity contribution in [1.29, 1.82) is 0 Å². The van der Waals surface area contributed by atoms with Crippen molar-refractivity contribution in [1.82, 2.24) is 0 Å². The normalized spacial score (nSPS) is 11.1. The summed E-state index contributed by atoms with van der Waals surface area (Å²) in [5, 5.41) is 3.43. The fourth-order valence-corrected chi connectivity index (χ4v) is 3.50. The molecule has 0 saturated carbocycles. The van der Waals surface area contributed by atoms with Gasteiger partial charge in [-0.2, -0.15) is 0 Å². The van der Waals surface area contributed by atoms with Gasteiger partial charge in [0.2, 0.25) is 0 Å². The number of rotatable bonds is 5. The molecule has 0 fully saturated rings. The lowest BCUT2D eigenvalue weighted by Gasteiger charge is -2.21. The van der Waals surface area contributed by atoms with Crippen LogP contribution in [0, 0.1) is 0 Å². The molecule has 4 rings (SSSR count). The number of carbonyl (C=O) groups is 1. The lowest BCUT2D eigenvalue weighted by atomic mass is 10.0. The van der Waals surface area contributed by atoms with E-state index in [2.05, 4.69) is 41.7 Å². The van der Waals surface area contributed by atoms with Gasteiger partial charge in [0.15, 0.2) is 0 Å². The Morgan fingerprint density at radius 2 is 1.16 bits per heavy atom. The van der Waals surface area contributed by atoms with E-state index in [1.54, 1.807) is 0 Å². The van der Waals surface area contributed by atoms with Gasteiger partial charge in [-0.15, -0.1) is 0 Å². The van der Waals surface area contributed by atoms with Crippen molar-refractivity contribution in [2.75, 3.05) is 5.32 Å². The van der Waals surface area contributed by atoms with Crippen LogP contribution < -0.4 is 5.32 Å². The van der Waals surface area contributed by atoms with Crippen molar-refractivity contribution >= 4 is 17.3 Å². The van der Waals surface area contributed by atoms with Gasteiger partial charge in [-0.1, -0.05) is 78.9 Å². The third-order valence-electron chi connectivity index (χ3n) is 5.02. The van der Waals surface area contributed by atoms with E-state index in [1.165, 1.54) is 5.56 Å². The van der Waals surface area contributed by atoms with Crippen LogP contribution in [-0.2, 0) is 4.74 Å². The molecular weight excluding hydrogens is 394 g/mol. The zero-order valence-corrected chi connectivity index (χ0v) is 18.6. The summed E-state index contributed by atoms with van der Waals surface area (Å²) >= 11 is 0. The van der Waals surface area contributed by atoms with E-state index in [-0.39, 0.29) is 5.97 Å². The Balaban J connectivity index is 1.67. The van der Waals surface area contributed by atoms with Crippen LogP contribution in [0.5, 0.6) is 0 Å². The number of carbonyl (C=O) groups excluding carboxylic acids is 1. The van der Waals surface area contributed by atoms with Crippen molar-refractivity contribution in [3.05, 3.63) is 109 Å². The molecule has 0 aliphatic carbocycles. The third-order valence-corrected chi connectivity index (χ3v) is 5.02. The third kappa shape index (κ3) is 5.25. The van der Waals surface area contributed by atoms with Crippen LogP contribution >= 0.6 is 0 Å². The van der Waals surface area contributed by atoms with Crippen LogP contribution in [0.3, 0.4) is 0 Å². The number of benzene rings is 4. The van der Waals surface area contributed by atoms with Gasteiger partial charge in [-0.3, -0.25) is 0 Å². The molecule has 0 bridgehead atoms. The summed E-state index contributed by atoms with van der Waals surface area (Å²) in [6.45, 7) is 5.62. The van der Waals surface area contributed by atoms with Crippen molar-refractivity contribution < 1.29 is 9.53 Å². The maximum Gasteiger partial charge on any atom is 0.340 e. The topological polar surface area (TPSA) is 38.3 Å². The average molecular weight is 422 g/mol. The van der Waals surface area contributed by atoms with Gasteiger partial charge in [0.05, 0.1) is 11.3 Å². The SMILES string of the molecule is CC(C)(C)OC(=O)c1ccc(-c2ccccc2)cc1Nc1ccc(-c2ccccc2)cc1. The number of esters is 1. The van der Waals surface area contributed by atoms with Gasteiger partial charge in [-0.05, 0) is 67.3 Å².